The molecule has 0 saturated carbocycles. The van der Waals surface area contributed by atoms with E-state index in [0.717, 1.165) is 0 Å². The molecule has 0 spiro atoms. The molecule has 0 aromatic rings. The molecule has 1 atom stereocenters. The molecular formula is C9H21BrN+. The Kier molecular flexibility index (Phi) is 5.36. The van der Waals surface area contributed by atoms with Gasteiger partial charge in [0.05, 0.1) is 31.5 Å². The van der Waals surface area contributed by atoms with E-state index in [9.17, 15) is 0 Å². The molecule has 2 heteroatoms. The van der Waals surface area contributed by atoms with E-state index in [4.69, 9.17) is 0 Å². The van der Waals surface area contributed by atoms with Crippen molar-refractivity contribution in [1.82, 2.24) is 0 Å². The number of hydrogen-bond acceptors (Lipinski definition) is 0. The van der Waals surface area contributed by atoms with Gasteiger partial charge in [-0.1, -0.05) is 22.9 Å². The topological polar surface area (TPSA) is 0 Å². The lowest BCUT2D eigenvalue weighted by Gasteiger charge is -2.33. The van der Waals surface area contributed by atoms with Gasteiger partial charge in [-0.05, 0) is 20.3 Å². The number of quaternary nitrogens is 1. The molecule has 1 nitrogen and oxygen atoms in total. The summed E-state index contributed by atoms with van der Waals surface area (Å²) >= 11 is 3.68. The minimum Gasteiger partial charge on any atom is -0.326 e. The molecule has 0 aromatic carbocycles. The molecule has 0 N–H and O–H groups in total. The molecule has 0 aromatic heterocycles. The van der Waals surface area contributed by atoms with Crippen LogP contribution in [0.1, 0.15) is 27.2 Å². The quantitative estimate of drug-likeness (QED) is 0.496. The van der Waals surface area contributed by atoms with Crippen LogP contribution in [0.2, 0.25) is 0 Å². The van der Waals surface area contributed by atoms with Crippen LogP contribution >= 0.6 is 15.9 Å². The van der Waals surface area contributed by atoms with Gasteiger partial charge >= 0.3 is 0 Å². The number of nitrogens with zero attached hydrogens (tertiary/aromatic N) is 1. The van der Waals surface area contributed by atoms with E-state index in [-0.39, 0.29) is 0 Å². The minimum absolute atomic E-state index is 0.687. The Hall–Kier alpha value is 0.440. The highest BCUT2D eigenvalue weighted by Gasteiger charge is 2.19. The fourth-order valence-electron chi connectivity index (χ4n) is 1.09. The highest BCUT2D eigenvalue weighted by Crippen LogP contribution is 2.11. The highest BCUT2D eigenvalue weighted by atomic mass is 79.9. The summed E-state index contributed by atoms with van der Waals surface area (Å²) in [5.41, 5.74) is 0. The third-order valence-corrected chi connectivity index (χ3v) is 3.55. The van der Waals surface area contributed by atoms with Crippen molar-refractivity contribution in [3.63, 3.8) is 0 Å². The molecule has 11 heavy (non-hydrogen) atoms. The molecule has 0 amide bonds. The average Bonchev–Trinajstić information content (AvgIpc) is 2.04. The van der Waals surface area contributed by atoms with Crippen molar-refractivity contribution in [2.75, 3.05) is 26.7 Å². The van der Waals surface area contributed by atoms with Crippen LogP contribution in [-0.2, 0) is 0 Å². The van der Waals surface area contributed by atoms with E-state index in [1.165, 1.54) is 30.5 Å². The maximum absolute atomic E-state index is 3.68. The van der Waals surface area contributed by atoms with Crippen LogP contribution in [0.5, 0.6) is 0 Å². The van der Waals surface area contributed by atoms with Crippen LogP contribution in [0.3, 0.4) is 0 Å². The first-order chi connectivity index (χ1) is 5.08. The smallest absolute Gasteiger partial charge is 0.0911 e. The van der Waals surface area contributed by atoms with Crippen molar-refractivity contribution in [2.45, 2.75) is 32.0 Å². The lowest BCUT2D eigenvalue weighted by atomic mass is 10.3. The van der Waals surface area contributed by atoms with Gasteiger partial charge in [-0.3, -0.25) is 0 Å². The first kappa shape index (κ1) is 11.4. The summed E-state index contributed by atoms with van der Waals surface area (Å²) in [7, 11) is 2.32. The summed E-state index contributed by atoms with van der Waals surface area (Å²) in [4.78, 5) is 0.687. The van der Waals surface area contributed by atoms with Crippen molar-refractivity contribution in [3.05, 3.63) is 0 Å². The molecule has 0 saturated heterocycles. The van der Waals surface area contributed by atoms with Crippen LogP contribution in [-0.4, -0.2) is 36.0 Å². The highest BCUT2D eigenvalue weighted by molar-refractivity contribution is 9.09. The van der Waals surface area contributed by atoms with E-state index in [1.807, 2.05) is 0 Å². The Morgan fingerprint density at radius 1 is 1.18 bits per heavy atom. The summed E-state index contributed by atoms with van der Waals surface area (Å²) in [5, 5.41) is 0. The molecule has 0 aliphatic rings. The van der Waals surface area contributed by atoms with Crippen LogP contribution in [0.15, 0.2) is 0 Å². The lowest BCUT2D eigenvalue weighted by molar-refractivity contribution is -0.905. The third-order valence-electron chi connectivity index (χ3n) is 2.61. The summed E-state index contributed by atoms with van der Waals surface area (Å²) in [5.74, 6) is 0. The fraction of sp³-hybridized carbons (Fsp3) is 1.00. The largest absolute Gasteiger partial charge is 0.326 e. The Labute approximate surface area is 79.5 Å². The van der Waals surface area contributed by atoms with Crippen molar-refractivity contribution >= 4 is 15.9 Å². The van der Waals surface area contributed by atoms with Gasteiger partial charge in [0.25, 0.3) is 0 Å². The number of hydrogen-bond donors (Lipinski definition) is 0. The lowest BCUT2D eigenvalue weighted by Crippen LogP contribution is -2.47. The number of halogens is 1. The van der Waals surface area contributed by atoms with Gasteiger partial charge < -0.3 is 4.48 Å². The summed E-state index contributed by atoms with van der Waals surface area (Å²) in [6.45, 7) is 10.5. The predicted molar refractivity (Wildman–Crippen MR) is 55.1 cm³/mol. The van der Waals surface area contributed by atoms with Gasteiger partial charge in [-0.15, -0.1) is 0 Å². The predicted octanol–water partition coefficient (Wildman–Crippen LogP) is 2.65. The molecular weight excluding hydrogens is 202 g/mol. The molecule has 1 unspecified atom stereocenters. The minimum atomic E-state index is 0.687. The number of alkyl halides is 1. The van der Waals surface area contributed by atoms with E-state index in [1.54, 1.807) is 0 Å². The first-order valence-electron chi connectivity index (χ1n) is 4.55. The molecule has 0 radical (unpaired) electrons. The van der Waals surface area contributed by atoms with Gasteiger partial charge in [0.1, 0.15) is 0 Å². The van der Waals surface area contributed by atoms with Gasteiger partial charge in [0.2, 0.25) is 0 Å². The first-order valence-corrected chi connectivity index (χ1v) is 5.47. The second kappa shape index (κ2) is 5.15. The van der Waals surface area contributed by atoms with Crippen molar-refractivity contribution in [3.8, 4) is 0 Å². The van der Waals surface area contributed by atoms with Crippen LogP contribution in [0.25, 0.3) is 0 Å². The van der Waals surface area contributed by atoms with Gasteiger partial charge in [-0.25, -0.2) is 0 Å². The Morgan fingerprint density at radius 2 is 1.64 bits per heavy atom. The Morgan fingerprint density at radius 3 is 1.91 bits per heavy atom. The normalized spacial score (nSPS) is 15.0. The van der Waals surface area contributed by atoms with Crippen LogP contribution in [0.4, 0.5) is 0 Å². The fourth-order valence-corrected chi connectivity index (χ4v) is 1.79. The van der Waals surface area contributed by atoms with Crippen LogP contribution in [0, 0.1) is 0 Å². The average molecular weight is 223 g/mol. The zero-order chi connectivity index (χ0) is 8.91. The van der Waals surface area contributed by atoms with Gasteiger partial charge in [-0.2, -0.15) is 0 Å². The van der Waals surface area contributed by atoms with Crippen molar-refractivity contribution in [1.29, 1.82) is 0 Å². The SMILES string of the molecule is CCC(Br)C[N+](C)(CC)CC. The Bertz CT molecular complexity index is 99.7. The van der Waals surface area contributed by atoms with E-state index >= 15 is 0 Å². The van der Waals surface area contributed by atoms with Crippen molar-refractivity contribution < 1.29 is 4.48 Å². The molecule has 0 aliphatic heterocycles. The second-order valence-electron chi connectivity index (χ2n) is 3.44. The molecule has 0 bridgehead atoms. The molecule has 0 fully saturated rings. The summed E-state index contributed by atoms with van der Waals surface area (Å²) < 4.78 is 1.18. The maximum Gasteiger partial charge on any atom is 0.0911 e. The van der Waals surface area contributed by atoms with Crippen molar-refractivity contribution in [2.24, 2.45) is 0 Å². The van der Waals surface area contributed by atoms with Gasteiger partial charge in [0.15, 0.2) is 0 Å². The summed E-state index contributed by atoms with van der Waals surface area (Å²) in [6.07, 6.45) is 1.23. The molecule has 0 heterocycles. The van der Waals surface area contributed by atoms with Gasteiger partial charge in [0, 0.05) is 0 Å². The van der Waals surface area contributed by atoms with E-state index in [0.29, 0.717) is 4.83 Å². The zero-order valence-corrected chi connectivity index (χ0v) is 9.82. The second-order valence-corrected chi connectivity index (χ2v) is 4.74. The number of rotatable bonds is 5. The standard InChI is InChI=1S/C9H21BrN/c1-5-9(10)8-11(4,6-2)7-3/h9H,5-8H2,1-4H3/q+1. The van der Waals surface area contributed by atoms with Crippen LogP contribution < -0.4 is 0 Å². The third kappa shape index (κ3) is 4.12. The maximum atomic E-state index is 3.68. The van der Waals surface area contributed by atoms with E-state index < -0.39 is 0 Å². The molecule has 0 aliphatic carbocycles. The Balaban J connectivity index is 3.86. The zero-order valence-electron chi connectivity index (χ0n) is 8.23. The summed E-state index contributed by atoms with van der Waals surface area (Å²) in [6, 6.07) is 0. The molecule has 0 rings (SSSR count). The monoisotopic (exact) mass is 222 g/mol. The van der Waals surface area contributed by atoms with E-state index in [2.05, 4.69) is 43.7 Å². The molecule has 68 valence electrons.